The third kappa shape index (κ3) is 4.56. The predicted octanol–water partition coefficient (Wildman–Crippen LogP) is 3.50. The summed E-state index contributed by atoms with van der Waals surface area (Å²) < 4.78 is 0. The molecule has 0 fully saturated rings. The number of imide groups is 1. The van der Waals surface area contributed by atoms with Gasteiger partial charge in [0.2, 0.25) is 5.91 Å². The Morgan fingerprint density at radius 1 is 1.00 bits per heavy atom. The molecule has 3 amide bonds. The van der Waals surface area contributed by atoms with Crippen LogP contribution in [-0.4, -0.2) is 39.7 Å². The maximum Gasteiger partial charge on any atom is 0.327 e. The molecule has 2 aromatic rings. The van der Waals surface area contributed by atoms with Gasteiger partial charge in [-0.2, -0.15) is 0 Å². The largest absolute Gasteiger partial charge is 0.480 e. The van der Waals surface area contributed by atoms with Crippen LogP contribution in [0.1, 0.15) is 58.9 Å². The summed E-state index contributed by atoms with van der Waals surface area (Å²) >= 11 is 0. The maximum atomic E-state index is 12.9. The van der Waals surface area contributed by atoms with Gasteiger partial charge in [-0.25, -0.2) is 4.79 Å². The molecule has 0 saturated heterocycles. The van der Waals surface area contributed by atoms with Crippen LogP contribution < -0.4 is 5.32 Å². The number of carbonyl (C=O) groups is 4. The summed E-state index contributed by atoms with van der Waals surface area (Å²) in [5, 5.41) is 12.4. The van der Waals surface area contributed by atoms with Crippen LogP contribution >= 0.6 is 0 Å². The van der Waals surface area contributed by atoms with Crippen molar-refractivity contribution in [2.24, 2.45) is 0 Å². The molecule has 1 heterocycles. The van der Waals surface area contributed by atoms with E-state index in [0.29, 0.717) is 17.7 Å². The van der Waals surface area contributed by atoms with E-state index in [1.165, 1.54) is 12.1 Å². The standard InChI is InChI=1S/C23H24N2O5/c1-2-3-5-10-20(26)24-16-11-12-17-18(14-16)22(28)25(21(17)27)19(23(29)30)13-15-8-6-4-7-9-15/h4,6-9,11-12,14,19H,2-3,5,10,13H2,1H3,(H,24,26)(H,29,30). The molecule has 3 rings (SSSR count). The minimum absolute atomic E-state index is 0.0165. The van der Waals surface area contributed by atoms with E-state index in [4.69, 9.17) is 0 Å². The average Bonchev–Trinajstić information content (AvgIpc) is 2.97. The SMILES string of the molecule is CCCCCC(=O)Nc1ccc2c(c1)C(=O)N(C(Cc1ccccc1)C(=O)O)C2=O. The lowest BCUT2D eigenvalue weighted by atomic mass is 10.0. The van der Waals surface area contributed by atoms with Gasteiger partial charge in [-0.1, -0.05) is 50.1 Å². The van der Waals surface area contributed by atoms with Crippen molar-refractivity contribution in [3.63, 3.8) is 0 Å². The van der Waals surface area contributed by atoms with Crippen LogP contribution in [0.25, 0.3) is 0 Å². The number of carbonyl (C=O) groups excluding carboxylic acids is 3. The van der Waals surface area contributed by atoms with E-state index in [9.17, 15) is 24.3 Å². The number of unbranched alkanes of at least 4 members (excludes halogenated alkanes) is 2. The van der Waals surface area contributed by atoms with Crippen LogP contribution in [0.4, 0.5) is 5.69 Å². The number of nitrogens with zero attached hydrogens (tertiary/aromatic N) is 1. The fourth-order valence-electron chi connectivity index (χ4n) is 3.51. The number of fused-ring (bicyclic) bond motifs is 1. The van der Waals surface area contributed by atoms with E-state index in [-0.39, 0.29) is 23.5 Å². The van der Waals surface area contributed by atoms with Gasteiger partial charge in [-0.3, -0.25) is 19.3 Å². The molecule has 7 heteroatoms. The molecule has 0 spiro atoms. The Morgan fingerprint density at radius 3 is 2.37 bits per heavy atom. The highest BCUT2D eigenvalue weighted by molar-refractivity contribution is 6.23. The van der Waals surface area contributed by atoms with Crippen LogP contribution in [0.3, 0.4) is 0 Å². The number of hydrogen-bond donors (Lipinski definition) is 2. The number of rotatable bonds is 9. The zero-order valence-electron chi connectivity index (χ0n) is 16.8. The summed E-state index contributed by atoms with van der Waals surface area (Å²) in [6.45, 7) is 2.05. The van der Waals surface area contributed by atoms with Gasteiger partial charge < -0.3 is 10.4 Å². The number of carboxylic acid groups (broad SMARTS) is 1. The molecular weight excluding hydrogens is 384 g/mol. The second kappa shape index (κ2) is 9.35. The smallest absolute Gasteiger partial charge is 0.327 e. The number of aliphatic carboxylic acids is 1. The first-order valence-electron chi connectivity index (χ1n) is 10.0. The quantitative estimate of drug-likeness (QED) is 0.488. The first-order valence-corrected chi connectivity index (χ1v) is 10.0. The summed E-state index contributed by atoms with van der Waals surface area (Å²) in [5.41, 5.74) is 1.36. The molecule has 0 saturated carbocycles. The summed E-state index contributed by atoms with van der Waals surface area (Å²) in [7, 11) is 0. The Morgan fingerprint density at radius 2 is 1.70 bits per heavy atom. The van der Waals surface area contributed by atoms with E-state index in [2.05, 4.69) is 12.2 Å². The normalized spacial score (nSPS) is 13.8. The molecule has 1 atom stereocenters. The lowest BCUT2D eigenvalue weighted by Gasteiger charge is -2.22. The topological polar surface area (TPSA) is 104 Å². The van der Waals surface area contributed by atoms with Gasteiger partial charge in [0.05, 0.1) is 11.1 Å². The second-order valence-corrected chi connectivity index (χ2v) is 7.29. The van der Waals surface area contributed by atoms with Crippen molar-refractivity contribution in [3.8, 4) is 0 Å². The molecule has 0 radical (unpaired) electrons. The molecule has 7 nitrogen and oxygen atoms in total. The van der Waals surface area contributed by atoms with Crippen molar-refractivity contribution in [2.75, 3.05) is 5.32 Å². The Bertz CT molecular complexity index is 971. The minimum atomic E-state index is -1.31. The van der Waals surface area contributed by atoms with E-state index in [1.807, 2.05) is 0 Å². The lowest BCUT2D eigenvalue weighted by Crippen LogP contribution is -2.46. The molecule has 30 heavy (non-hydrogen) atoms. The van der Waals surface area contributed by atoms with Gasteiger partial charge in [-0.15, -0.1) is 0 Å². The Balaban J connectivity index is 1.80. The summed E-state index contributed by atoms with van der Waals surface area (Å²) in [5.74, 6) is -2.72. The first kappa shape index (κ1) is 21.2. The third-order valence-corrected chi connectivity index (χ3v) is 5.08. The van der Waals surface area contributed by atoms with Crippen molar-refractivity contribution >= 4 is 29.4 Å². The van der Waals surface area contributed by atoms with Crippen molar-refractivity contribution in [2.45, 2.75) is 45.1 Å². The molecule has 156 valence electrons. The van der Waals surface area contributed by atoms with E-state index in [1.54, 1.807) is 36.4 Å². The molecule has 0 aromatic heterocycles. The van der Waals surface area contributed by atoms with E-state index < -0.39 is 23.8 Å². The molecule has 2 N–H and O–H groups in total. The molecule has 2 aromatic carbocycles. The zero-order valence-corrected chi connectivity index (χ0v) is 16.8. The maximum absolute atomic E-state index is 12.9. The van der Waals surface area contributed by atoms with Crippen LogP contribution in [0.5, 0.6) is 0 Å². The number of amides is 3. The van der Waals surface area contributed by atoms with Gasteiger partial charge in [0.1, 0.15) is 6.04 Å². The van der Waals surface area contributed by atoms with Crippen molar-refractivity contribution in [3.05, 3.63) is 65.2 Å². The average molecular weight is 408 g/mol. The summed E-state index contributed by atoms with van der Waals surface area (Å²) in [4.78, 5) is 50.4. The monoisotopic (exact) mass is 408 g/mol. The highest BCUT2D eigenvalue weighted by atomic mass is 16.4. The summed E-state index contributed by atoms with van der Waals surface area (Å²) in [6.07, 6.45) is 3.13. The highest BCUT2D eigenvalue weighted by Crippen LogP contribution is 2.28. The highest BCUT2D eigenvalue weighted by Gasteiger charge is 2.43. The lowest BCUT2D eigenvalue weighted by molar-refractivity contribution is -0.141. The number of carboxylic acids is 1. The third-order valence-electron chi connectivity index (χ3n) is 5.08. The van der Waals surface area contributed by atoms with Gasteiger partial charge >= 0.3 is 5.97 Å². The Labute approximate surface area is 174 Å². The van der Waals surface area contributed by atoms with Crippen molar-refractivity contribution < 1.29 is 24.3 Å². The second-order valence-electron chi connectivity index (χ2n) is 7.29. The van der Waals surface area contributed by atoms with Crippen LogP contribution in [-0.2, 0) is 16.0 Å². The summed E-state index contributed by atoms with van der Waals surface area (Å²) in [6, 6.07) is 12.0. The predicted molar refractivity (Wildman–Crippen MR) is 111 cm³/mol. The van der Waals surface area contributed by atoms with Gasteiger partial charge in [-0.05, 0) is 30.2 Å². The van der Waals surface area contributed by atoms with Gasteiger partial charge in [0.15, 0.2) is 0 Å². The molecule has 0 aliphatic carbocycles. The van der Waals surface area contributed by atoms with E-state index in [0.717, 1.165) is 24.2 Å². The van der Waals surface area contributed by atoms with Crippen LogP contribution in [0, 0.1) is 0 Å². The Kier molecular flexibility index (Phi) is 6.61. The number of benzene rings is 2. The van der Waals surface area contributed by atoms with E-state index >= 15 is 0 Å². The fraction of sp³-hybridized carbons (Fsp3) is 0.304. The van der Waals surface area contributed by atoms with Gasteiger partial charge in [0, 0.05) is 18.5 Å². The van der Waals surface area contributed by atoms with Gasteiger partial charge in [0.25, 0.3) is 11.8 Å². The zero-order chi connectivity index (χ0) is 21.7. The molecule has 1 aliphatic heterocycles. The number of hydrogen-bond acceptors (Lipinski definition) is 4. The fourth-order valence-corrected chi connectivity index (χ4v) is 3.51. The molecule has 1 unspecified atom stereocenters. The number of anilines is 1. The Hall–Kier alpha value is -3.48. The molecular formula is C23H24N2O5. The number of nitrogens with one attached hydrogen (secondary N) is 1. The molecule has 1 aliphatic rings. The van der Waals surface area contributed by atoms with Crippen molar-refractivity contribution in [1.29, 1.82) is 0 Å². The molecule has 0 bridgehead atoms. The van der Waals surface area contributed by atoms with Crippen LogP contribution in [0.2, 0.25) is 0 Å². The van der Waals surface area contributed by atoms with Crippen LogP contribution in [0.15, 0.2) is 48.5 Å². The van der Waals surface area contributed by atoms with Crippen molar-refractivity contribution in [1.82, 2.24) is 4.90 Å². The first-order chi connectivity index (χ1) is 14.4. The minimum Gasteiger partial charge on any atom is -0.480 e.